The highest BCUT2D eigenvalue weighted by Crippen LogP contribution is 2.72. The average Bonchev–Trinajstić information content (AvgIpc) is 3.28. The molecule has 192 valence electrons. The molecular weight excluding hydrogens is 466 g/mol. The lowest BCUT2D eigenvalue weighted by molar-refractivity contribution is -0.173. The van der Waals surface area contributed by atoms with Crippen LogP contribution in [0.25, 0.3) is 0 Å². The molecule has 0 saturated heterocycles. The van der Waals surface area contributed by atoms with E-state index in [9.17, 15) is 9.59 Å². The second-order valence-electron chi connectivity index (χ2n) is 10.3. The Balaban J connectivity index is 1.82. The molecule has 0 spiro atoms. The second kappa shape index (κ2) is 8.94. The van der Waals surface area contributed by atoms with Gasteiger partial charge in [-0.05, 0) is 54.2 Å². The van der Waals surface area contributed by atoms with E-state index in [1.807, 2.05) is 61.5 Å². The molecular formula is C31H33NO5. The van der Waals surface area contributed by atoms with E-state index >= 15 is 0 Å². The van der Waals surface area contributed by atoms with Crippen molar-refractivity contribution in [3.63, 3.8) is 0 Å². The minimum atomic E-state index is -1.57. The van der Waals surface area contributed by atoms with E-state index in [-0.39, 0.29) is 12.3 Å². The number of para-hydroxylation sites is 1. The molecule has 2 aliphatic rings. The Morgan fingerprint density at radius 2 is 1.43 bits per heavy atom. The molecule has 6 nitrogen and oxygen atoms in total. The Bertz CT molecular complexity index is 1300. The SMILES string of the molecule is COC(=O)C1(C(=O)OC)C[C@@H](c2ccc(OC)cc2)[C@@]2(C)c3ccccc3N(Cc3ccccc3)[C@@]12C. The maximum absolute atomic E-state index is 13.9. The molecule has 3 atom stereocenters. The van der Waals surface area contributed by atoms with Gasteiger partial charge in [-0.15, -0.1) is 0 Å². The summed E-state index contributed by atoms with van der Waals surface area (Å²) in [7, 11) is 4.33. The summed E-state index contributed by atoms with van der Waals surface area (Å²) in [5.41, 5.74) is 1.03. The summed E-state index contributed by atoms with van der Waals surface area (Å²) in [6, 6.07) is 26.3. The zero-order valence-corrected chi connectivity index (χ0v) is 22.0. The Morgan fingerprint density at radius 3 is 2.03 bits per heavy atom. The number of rotatable bonds is 6. The highest BCUT2D eigenvalue weighted by atomic mass is 16.5. The van der Waals surface area contributed by atoms with Gasteiger partial charge in [0, 0.05) is 17.6 Å². The van der Waals surface area contributed by atoms with Crippen molar-refractivity contribution >= 4 is 17.6 Å². The van der Waals surface area contributed by atoms with E-state index in [4.69, 9.17) is 14.2 Å². The van der Waals surface area contributed by atoms with Crippen molar-refractivity contribution in [1.29, 1.82) is 0 Å². The average molecular weight is 500 g/mol. The van der Waals surface area contributed by atoms with Crippen LogP contribution in [0.3, 0.4) is 0 Å². The number of ether oxygens (including phenoxy) is 3. The Morgan fingerprint density at radius 1 is 0.838 bits per heavy atom. The zero-order chi connectivity index (χ0) is 26.4. The third kappa shape index (κ3) is 3.17. The van der Waals surface area contributed by atoms with E-state index in [0.717, 1.165) is 28.1 Å². The van der Waals surface area contributed by atoms with Crippen LogP contribution >= 0.6 is 0 Å². The summed E-state index contributed by atoms with van der Waals surface area (Å²) >= 11 is 0. The van der Waals surface area contributed by atoms with Gasteiger partial charge in [0.1, 0.15) is 5.75 Å². The fraction of sp³-hybridized carbons (Fsp3) is 0.355. The molecule has 1 aliphatic carbocycles. The van der Waals surface area contributed by atoms with Crippen LogP contribution in [0, 0.1) is 5.41 Å². The predicted molar refractivity (Wildman–Crippen MR) is 142 cm³/mol. The van der Waals surface area contributed by atoms with Crippen molar-refractivity contribution in [3.8, 4) is 5.75 Å². The second-order valence-corrected chi connectivity index (χ2v) is 10.3. The molecule has 3 aromatic carbocycles. The Kier molecular flexibility index (Phi) is 6.01. The first kappa shape index (κ1) is 24.9. The van der Waals surface area contributed by atoms with Crippen molar-refractivity contribution in [2.45, 2.75) is 43.7 Å². The lowest BCUT2D eigenvalue weighted by atomic mass is 9.61. The lowest BCUT2D eigenvalue weighted by Crippen LogP contribution is -2.66. The molecule has 1 saturated carbocycles. The summed E-state index contributed by atoms with van der Waals surface area (Å²) in [5, 5.41) is 0. The van der Waals surface area contributed by atoms with Gasteiger partial charge in [-0.2, -0.15) is 0 Å². The molecule has 1 fully saturated rings. The number of hydrogen-bond donors (Lipinski definition) is 0. The maximum atomic E-state index is 13.9. The van der Waals surface area contributed by atoms with E-state index in [0.29, 0.717) is 6.54 Å². The number of methoxy groups -OCH3 is 3. The zero-order valence-electron chi connectivity index (χ0n) is 22.0. The van der Waals surface area contributed by atoms with Gasteiger partial charge < -0.3 is 19.1 Å². The summed E-state index contributed by atoms with van der Waals surface area (Å²) < 4.78 is 16.2. The van der Waals surface area contributed by atoms with Crippen molar-refractivity contribution in [2.24, 2.45) is 5.41 Å². The molecule has 3 aromatic rings. The Labute approximate surface area is 218 Å². The van der Waals surface area contributed by atoms with Crippen LogP contribution in [0.4, 0.5) is 5.69 Å². The molecule has 1 aliphatic heterocycles. The van der Waals surface area contributed by atoms with Crippen molar-refractivity contribution < 1.29 is 23.8 Å². The third-order valence-corrected chi connectivity index (χ3v) is 9.11. The molecule has 5 rings (SSSR count). The molecule has 0 radical (unpaired) electrons. The highest BCUT2D eigenvalue weighted by Gasteiger charge is 2.80. The first-order valence-electron chi connectivity index (χ1n) is 12.5. The monoisotopic (exact) mass is 499 g/mol. The van der Waals surface area contributed by atoms with Crippen LogP contribution in [-0.4, -0.2) is 38.8 Å². The third-order valence-electron chi connectivity index (χ3n) is 9.11. The van der Waals surface area contributed by atoms with Gasteiger partial charge in [0.15, 0.2) is 5.41 Å². The summed E-state index contributed by atoms with van der Waals surface area (Å²) in [6.07, 6.45) is 0.255. The van der Waals surface area contributed by atoms with E-state index in [2.05, 4.69) is 36.1 Å². The van der Waals surface area contributed by atoms with Gasteiger partial charge in [-0.25, -0.2) is 0 Å². The summed E-state index contributed by atoms with van der Waals surface area (Å²) in [4.78, 5) is 30.0. The van der Waals surface area contributed by atoms with Crippen LogP contribution < -0.4 is 9.64 Å². The number of anilines is 1. The van der Waals surface area contributed by atoms with Gasteiger partial charge in [0.25, 0.3) is 0 Å². The number of esters is 2. The molecule has 0 aromatic heterocycles. The smallest absolute Gasteiger partial charge is 0.325 e. The molecule has 1 heterocycles. The van der Waals surface area contributed by atoms with Gasteiger partial charge in [-0.1, -0.05) is 67.6 Å². The number of hydrogen-bond acceptors (Lipinski definition) is 6. The molecule has 0 N–H and O–H groups in total. The molecule has 0 amide bonds. The normalized spacial score (nSPS) is 25.2. The predicted octanol–water partition coefficient (Wildman–Crippen LogP) is 5.25. The van der Waals surface area contributed by atoms with E-state index in [1.165, 1.54) is 14.2 Å². The van der Waals surface area contributed by atoms with E-state index < -0.39 is 28.3 Å². The van der Waals surface area contributed by atoms with Gasteiger partial charge in [0.05, 0.1) is 26.9 Å². The van der Waals surface area contributed by atoms with Crippen molar-refractivity contribution in [3.05, 3.63) is 95.6 Å². The lowest BCUT2D eigenvalue weighted by Gasteiger charge is -2.50. The number of carbonyl (C=O) groups excluding carboxylic acids is 2. The first-order chi connectivity index (χ1) is 17.8. The van der Waals surface area contributed by atoms with Gasteiger partial charge in [0.2, 0.25) is 0 Å². The summed E-state index contributed by atoms with van der Waals surface area (Å²) in [6.45, 7) is 4.74. The number of nitrogens with zero attached hydrogens (tertiary/aromatic N) is 1. The standard InChI is InChI=1S/C31H33NO5/c1-29-24-13-9-10-14-26(24)32(20-21-11-7-6-8-12-21)30(29,2)31(27(33)36-4,28(34)37-5)19-25(29)22-15-17-23(35-3)18-16-22/h6-18,25H,19-20H2,1-5H3/t25-,29+,30+/m0/s1. The largest absolute Gasteiger partial charge is 0.497 e. The topological polar surface area (TPSA) is 65.1 Å². The van der Waals surface area contributed by atoms with E-state index in [1.54, 1.807) is 7.11 Å². The number of carbonyl (C=O) groups is 2. The molecule has 0 bridgehead atoms. The van der Waals surface area contributed by atoms with Crippen LogP contribution in [0.15, 0.2) is 78.9 Å². The van der Waals surface area contributed by atoms with Gasteiger partial charge in [-0.3, -0.25) is 9.59 Å². The Hall–Kier alpha value is -3.80. The minimum Gasteiger partial charge on any atom is -0.497 e. The maximum Gasteiger partial charge on any atom is 0.325 e. The van der Waals surface area contributed by atoms with Gasteiger partial charge >= 0.3 is 11.9 Å². The van der Waals surface area contributed by atoms with Crippen molar-refractivity contribution in [1.82, 2.24) is 0 Å². The van der Waals surface area contributed by atoms with Crippen LogP contribution in [0.2, 0.25) is 0 Å². The number of benzene rings is 3. The number of fused-ring (bicyclic) bond motifs is 3. The minimum absolute atomic E-state index is 0.177. The van der Waals surface area contributed by atoms with Crippen LogP contribution in [0.5, 0.6) is 5.75 Å². The van der Waals surface area contributed by atoms with Crippen molar-refractivity contribution in [2.75, 3.05) is 26.2 Å². The molecule has 37 heavy (non-hydrogen) atoms. The fourth-order valence-corrected chi connectivity index (χ4v) is 7.13. The quantitative estimate of drug-likeness (QED) is 0.341. The van der Waals surface area contributed by atoms with Crippen LogP contribution in [-0.2, 0) is 31.0 Å². The highest BCUT2D eigenvalue weighted by molar-refractivity contribution is 6.05. The molecule has 6 heteroatoms. The summed E-state index contributed by atoms with van der Waals surface area (Å²) in [5.74, 6) is -0.576. The fourth-order valence-electron chi connectivity index (χ4n) is 7.13. The molecule has 0 unspecified atom stereocenters. The first-order valence-corrected chi connectivity index (χ1v) is 12.5. The van der Waals surface area contributed by atoms with Crippen LogP contribution in [0.1, 0.15) is 42.9 Å².